The molecule has 2 aliphatic carbocycles. The van der Waals surface area contributed by atoms with Crippen LogP contribution >= 0.6 is 23.1 Å². The van der Waals surface area contributed by atoms with Crippen molar-refractivity contribution < 1.29 is 0 Å². The van der Waals surface area contributed by atoms with Crippen LogP contribution in [0.5, 0.6) is 0 Å². The Labute approximate surface area is 400 Å². The molecule has 2 aliphatic heterocycles. The van der Waals surface area contributed by atoms with Crippen LogP contribution < -0.4 is 25.5 Å². The molecule has 1 aromatic heterocycles. The van der Waals surface area contributed by atoms with Gasteiger partial charge in [-0.3, -0.25) is 0 Å². The highest BCUT2D eigenvalue weighted by Crippen LogP contribution is 2.57. The van der Waals surface area contributed by atoms with Crippen LogP contribution in [-0.2, 0) is 32.5 Å². The lowest BCUT2D eigenvalue weighted by atomic mass is 9.35. The molecule has 5 heteroatoms. The van der Waals surface area contributed by atoms with Crippen LogP contribution in [0.15, 0.2) is 95.9 Å². The van der Waals surface area contributed by atoms with E-state index >= 15 is 0 Å². The van der Waals surface area contributed by atoms with Gasteiger partial charge in [-0.15, -0.1) is 11.8 Å². The van der Waals surface area contributed by atoms with Crippen molar-refractivity contribution in [2.24, 2.45) is 0 Å². The smallest absolute Gasteiger partial charge is 0.264 e. The molecule has 2 nitrogen and oxygen atoms in total. The average Bonchev–Trinajstić information content (AvgIpc) is 3.66. The molecular formula is C60H71BN2S2. The van der Waals surface area contributed by atoms with Gasteiger partial charge in [-0.1, -0.05) is 133 Å². The van der Waals surface area contributed by atoms with Crippen molar-refractivity contribution in [3.8, 4) is 11.1 Å². The van der Waals surface area contributed by atoms with Gasteiger partial charge in [0.2, 0.25) is 0 Å². The molecule has 0 bridgehead atoms. The Morgan fingerprint density at radius 1 is 0.569 bits per heavy atom. The Morgan fingerprint density at radius 3 is 1.72 bits per heavy atom. The lowest BCUT2D eigenvalue weighted by Gasteiger charge is -2.48. The molecule has 336 valence electrons. The summed E-state index contributed by atoms with van der Waals surface area (Å²) in [7, 11) is 0. The summed E-state index contributed by atoms with van der Waals surface area (Å²) in [5.74, 6) is 0. The van der Waals surface area contributed by atoms with Gasteiger partial charge in [0.25, 0.3) is 6.71 Å². The second kappa shape index (κ2) is 14.7. The van der Waals surface area contributed by atoms with E-state index in [2.05, 4.69) is 222 Å². The fraction of sp³-hybridized carbons (Fsp3) is 0.433. The molecule has 5 aromatic carbocycles. The van der Waals surface area contributed by atoms with Crippen molar-refractivity contribution in [2.45, 2.75) is 167 Å². The van der Waals surface area contributed by atoms with Gasteiger partial charge < -0.3 is 9.80 Å². The summed E-state index contributed by atoms with van der Waals surface area (Å²) in [6.45, 7) is 36.5. The van der Waals surface area contributed by atoms with Gasteiger partial charge >= 0.3 is 0 Å². The Bertz CT molecular complexity index is 2890. The molecule has 65 heavy (non-hydrogen) atoms. The van der Waals surface area contributed by atoms with Gasteiger partial charge in [0, 0.05) is 42.9 Å². The number of rotatable bonds is 4. The van der Waals surface area contributed by atoms with Crippen molar-refractivity contribution in [2.75, 3.05) is 16.1 Å². The minimum atomic E-state index is -0.00610. The lowest BCUT2D eigenvalue weighted by molar-refractivity contribution is 0.332. The number of benzene rings is 5. The van der Waals surface area contributed by atoms with E-state index in [1.165, 1.54) is 119 Å². The molecule has 0 spiro atoms. The zero-order chi connectivity index (χ0) is 46.6. The SMILES string of the molecule is CSc1ccc(-c2cc(C(C)(C)C)ccc2N2c3cc4c(cc3B3c5sc6c(c5N(c5ccc(C(C)(C)C)cc5)c5cc(C)cc2c53)C(C)(C)CCC6(C)C)C(C)(C)CCC4(C)C)cc1. The maximum absolute atomic E-state index is 2.72. The first-order chi connectivity index (χ1) is 30.3. The monoisotopic (exact) mass is 895 g/mol. The quantitative estimate of drug-likeness (QED) is 0.128. The maximum atomic E-state index is 2.72. The predicted octanol–water partition coefficient (Wildman–Crippen LogP) is 15.8. The number of hydrogen-bond acceptors (Lipinski definition) is 4. The van der Waals surface area contributed by atoms with E-state index in [0.29, 0.717) is 0 Å². The highest BCUT2D eigenvalue weighted by Gasteiger charge is 2.52. The summed E-state index contributed by atoms with van der Waals surface area (Å²) in [5.41, 5.74) is 22.2. The Balaban J connectivity index is 1.36. The fourth-order valence-corrected chi connectivity index (χ4v) is 13.9. The summed E-state index contributed by atoms with van der Waals surface area (Å²) in [6, 6.07) is 36.7. The van der Waals surface area contributed by atoms with Crippen molar-refractivity contribution in [1.29, 1.82) is 0 Å². The maximum Gasteiger partial charge on any atom is 0.264 e. The fourth-order valence-electron chi connectivity index (χ4n) is 11.8. The molecule has 0 amide bonds. The van der Waals surface area contributed by atoms with Gasteiger partial charge in [0.05, 0.1) is 11.4 Å². The molecule has 0 radical (unpaired) electrons. The number of hydrogen-bond donors (Lipinski definition) is 0. The van der Waals surface area contributed by atoms with Crippen LogP contribution in [0.25, 0.3) is 11.1 Å². The minimum Gasteiger partial charge on any atom is -0.311 e. The summed E-state index contributed by atoms with van der Waals surface area (Å²) in [5, 5.41) is 0. The Kier molecular flexibility index (Phi) is 10.1. The predicted molar refractivity (Wildman–Crippen MR) is 288 cm³/mol. The molecule has 3 heterocycles. The molecule has 0 atom stereocenters. The number of thioether (sulfide) groups is 1. The normalized spacial score (nSPS) is 18.7. The van der Waals surface area contributed by atoms with Crippen molar-refractivity contribution in [1.82, 2.24) is 0 Å². The van der Waals surface area contributed by atoms with E-state index in [1.807, 2.05) is 11.8 Å². The third kappa shape index (κ3) is 7.02. The molecule has 6 aromatic rings. The van der Waals surface area contributed by atoms with E-state index in [4.69, 9.17) is 0 Å². The molecule has 0 unspecified atom stereocenters. The lowest BCUT2D eigenvalue weighted by Crippen LogP contribution is -2.61. The van der Waals surface area contributed by atoms with Crippen molar-refractivity contribution in [3.05, 3.63) is 129 Å². The standard InChI is InChI=1S/C60H71BN2S2/c1-36-31-48-51-49(32-36)63(46-26-21-39(56(5,6)7)33-42(46)37-17-24-41(64-16)25-18-37)47-35-44-43(57(8,9)27-28-58(44,10)11)34-45(47)61(51)54-52(50-53(65-54)60(14,15)30-29-59(50,12)13)62(48)40-22-19-38(20-23-40)55(2,3)4/h17-26,31-35H,27-30H2,1-16H3. The second-order valence-electron chi connectivity index (χ2n) is 24.8. The Hall–Kier alpha value is -4.19. The van der Waals surface area contributed by atoms with Crippen LogP contribution in [-0.4, -0.2) is 13.0 Å². The van der Waals surface area contributed by atoms with Crippen LogP contribution in [0.3, 0.4) is 0 Å². The number of nitrogens with zero attached hydrogens (tertiary/aromatic N) is 2. The second-order valence-corrected chi connectivity index (χ2v) is 26.8. The molecule has 4 aliphatic rings. The highest BCUT2D eigenvalue weighted by molar-refractivity contribution is 7.98. The number of anilines is 6. The van der Waals surface area contributed by atoms with E-state index in [-0.39, 0.29) is 39.2 Å². The van der Waals surface area contributed by atoms with Gasteiger partial charge in [-0.2, -0.15) is 11.3 Å². The molecule has 0 saturated carbocycles. The van der Waals surface area contributed by atoms with Gasteiger partial charge in [-0.25, -0.2) is 0 Å². The third-order valence-electron chi connectivity index (χ3n) is 16.2. The summed E-state index contributed by atoms with van der Waals surface area (Å²) >= 11 is 3.95. The molecular weight excluding hydrogens is 824 g/mol. The van der Waals surface area contributed by atoms with E-state index in [0.717, 1.165) is 0 Å². The van der Waals surface area contributed by atoms with Gasteiger partial charge in [-0.05, 0) is 176 Å². The zero-order valence-electron chi connectivity index (χ0n) is 42.3. The van der Waals surface area contributed by atoms with E-state index < -0.39 is 0 Å². The minimum absolute atomic E-state index is 0.00610. The zero-order valence-corrected chi connectivity index (χ0v) is 43.9. The van der Waals surface area contributed by atoms with Crippen LogP contribution in [0, 0.1) is 6.92 Å². The number of fused-ring (bicyclic) bond motifs is 7. The van der Waals surface area contributed by atoms with Gasteiger partial charge in [0.15, 0.2) is 0 Å². The summed E-state index contributed by atoms with van der Waals surface area (Å²) in [6.07, 6.45) is 6.91. The average molecular weight is 895 g/mol. The van der Waals surface area contributed by atoms with Crippen molar-refractivity contribution in [3.63, 3.8) is 0 Å². The number of thiophene rings is 1. The first-order valence-electron chi connectivity index (χ1n) is 24.3. The molecule has 0 fully saturated rings. The van der Waals surface area contributed by atoms with E-state index in [1.54, 1.807) is 10.4 Å². The van der Waals surface area contributed by atoms with Crippen molar-refractivity contribution >= 4 is 79.6 Å². The number of aryl methyl sites for hydroxylation is 1. The topological polar surface area (TPSA) is 6.48 Å². The van der Waals surface area contributed by atoms with Crippen LogP contribution in [0.2, 0.25) is 0 Å². The highest BCUT2D eigenvalue weighted by atomic mass is 32.2. The first kappa shape index (κ1) is 44.6. The van der Waals surface area contributed by atoms with Crippen LogP contribution in [0.4, 0.5) is 34.1 Å². The summed E-state index contributed by atoms with van der Waals surface area (Å²) < 4.78 is 1.51. The molecule has 10 rings (SSSR count). The molecule has 0 saturated heterocycles. The third-order valence-corrected chi connectivity index (χ3v) is 18.5. The summed E-state index contributed by atoms with van der Waals surface area (Å²) in [4.78, 5) is 8.31. The van der Waals surface area contributed by atoms with Gasteiger partial charge in [0.1, 0.15) is 0 Å². The molecule has 0 N–H and O–H groups in total. The Morgan fingerprint density at radius 2 is 1.12 bits per heavy atom. The largest absolute Gasteiger partial charge is 0.311 e. The van der Waals surface area contributed by atoms with E-state index in [9.17, 15) is 0 Å². The first-order valence-corrected chi connectivity index (χ1v) is 26.4. The van der Waals surface area contributed by atoms with Crippen LogP contribution in [0.1, 0.15) is 161 Å².